The number of carboxylic acid groups (broad SMARTS) is 1. The van der Waals surface area contributed by atoms with Crippen LogP contribution >= 0.6 is 0 Å². The first kappa shape index (κ1) is 14.3. The first-order valence-corrected chi connectivity index (χ1v) is 6.89. The maximum Gasteiger partial charge on any atom is 0.336 e. The molecule has 0 aromatic heterocycles. The highest BCUT2D eigenvalue weighted by Gasteiger charge is 2.28. The third-order valence-corrected chi connectivity index (χ3v) is 3.74. The molecule has 0 atom stereocenters. The topological polar surface area (TPSA) is 57.6 Å². The smallest absolute Gasteiger partial charge is 0.336 e. The van der Waals surface area contributed by atoms with Gasteiger partial charge < -0.3 is 10.0 Å². The maximum atomic E-state index is 12.7. The van der Waals surface area contributed by atoms with E-state index in [1.165, 1.54) is 6.07 Å². The number of amides is 1. The van der Waals surface area contributed by atoms with Crippen molar-refractivity contribution in [2.75, 3.05) is 6.54 Å². The first-order chi connectivity index (χ1) is 9.65. The van der Waals surface area contributed by atoms with Gasteiger partial charge in [0.25, 0.3) is 5.91 Å². The summed E-state index contributed by atoms with van der Waals surface area (Å²) < 4.78 is 0. The van der Waals surface area contributed by atoms with Crippen LogP contribution in [0.15, 0.2) is 36.9 Å². The van der Waals surface area contributed by atoms with Crippen LogP contribution in [0.25, 0.3) is 0 Å². The standard InChI is InChI=1S/C16H19NO3/c1-2-11-17(12-7-3-4-8-12)15(18)13-9-5-6-10-14(13)16(19)20/h2,5-6,9-10,12H,1,3-4,7-8,11H2,(H,19,20). The normalized spacial score (nSPS) is 15.0. The number of carboxylic acids is 1. The van der Waals surface area contributed by atoms with Gasteiger partial charge >= 0.3 is 5.97 Å². The van der Waals surface area contributed by atoms with Crippen molar-refractivity contribution >= 4 is 11.9 Å². The van der Waals surface area contributed by atoms with E-state index in [1.54, 1.807) is 29.2 Å². The number of hydrogen-bond acceptors (Lipinski definition) is 2. The lowest BCUT2D eigenvalue weighted by Crippen LogP contribution is -2.39. The molecule has 4 nitrogen and oxygen atoms in total. The van der Waals surface area contributed by atoms with E-state index in [-0.39, 0.29) is 23.1 Å². The van der Waals surface area contributed by atoms with Crippen molar-refractivity contribution < 1.29 is 14.7 Å². The van der Waals surface area contributed by atoms with Gasteiger partial charge in [-0.15, -0.1) is 6.58 Å². The summed E-state index contributed by atoms with van der Waals surface area (Å²) in [6.45, 7) is 4.15. The molecular formula is C16H19NO3. The minimum atomic E-state index is -1.07. The molecule has 0 spiro atoms. The highest BCUT2D eigenvalue weighted by Crippen LogP contribution is 2.25. The third-order valence-electron chi connectivity index (χ3n) is 3.74. The third kappa shape index (κ3) is 2.90. The largest absolute Gasteiger partial charge is 0.478 e. The molecule has 2 rings (SSSR count). The van der Waals surface area contributed by atoms with Gasteiger partial charge in [-0.2, -0.15) is 0 Å². The van der Waals surface area contributed by atoms with Crippen molar-refractivity contribution in [2.24, 2.45) is 0 Å². The first-order valence-electron chi connectivity index (χ1n) is 6.89. The molecule has 0 saturated heterocycles. The fraction of sp³-hybridized carbons (Fsp3) is 0.375. The zero-order valence-electron chi connectivity index (χ0n) is 11.4. The molecule has 0 unspecified atom stereocenters. The monoisotopic (exact) mass is 273 g/mol. The van der Waals surface area contributed by atoms with Gasteiger partial charge in [0.15, 0.2) is 0 Å². The lowest BCUT2D eigenvalue weighted by atomic mass is 10.0. The Balaban J connectivity index is 2.31. The molecule has 1 aliphatic carbocycles. The lowest BCUT2D eigenvalue weighted by molar-refractivity contribution is 0.0658. The molecule has 20 heavy (non-hydrogen) atoms. The Morgan fingerprint density at radius 2 is 1.85 bits per heavy atom. The lowest BCUT2D eigenvalue weighted by Gasteiger charge is -2.28. The van der Waals surface area contributed by atoms with Crippen LogP contribution in [0.2, 0.25) is 0 Å². The molecule has 4 heteroatoms. The average Bonchev–Trinajstić information content (AvgIpc) is 2.98. The number of carbonyl (C=O) groups is 2. The van der Waals surface area contributed by atoms with Gasteiger partial charge in [-0.25, -0.2) is 4.79 Å². The second-order valence-corrected chi connectivity index (χ2v) is 5.04. The highest BCUT2D eigenvalue weighted by molar-refractivity contribution is 6.04. The van der Waals surface area contributed by atoms with Gasteiger partial charge in [0.1, 0.15) is 0 Å². The maximum absolute atomic E-state index is 12.7. The summed E-state index contributed by atoms with van der Waals surface area (Å²) >= 11 is 0. The summed E-state index contributed by atoms with van der Waals surface area (Å²) in [6.07, 6.45) is 5.89. The molecule has 1 aromatic rings. The van der Waals surface area contributed by atoms with E-state index in [2.05, 4.69) is 6.58 Å². The Morgan fingerprint density at radius 3 is 2.40 bits per heavy atom. The van der Waals surface area contributed by atoms with Crippen LogP contribution < -0.4 is 0 Å². The molecule has 0 heterocycles. The molecule has 1 amide bonds. The number of benzene rings is 1. The fourth-order valence-electron chi connectivity index (χ4n) is 2.76. The summed E-state index contributed by atoms with van der Waals surface area (Å²) in [4.78, 5) is 25.7. The molecule has 1 fully saturated rings. The zero-order valence-corrected chi connectivity index (χ0v) is 11.4. The van der Waals surface area contributed by atoms with E-state index in [1.807, 2.05) is 0 Å². The number of nitrogens with zero attached hydrogens (tertiary/aromatic N) is 1. The second-order valence-electron chi connectivity index (χ2n) is 5.04. The summed E-state index contributed by atoms with van der Waals surface area (Å²) in [5.41, 5.74) is 0.318. The van der Waals surface area contributed by atoms with Gasteiger partial charge in [-0.1, -0.05) is 31.1 Å². The second kappa shape index (κ2) is 6.37. The van der Waals surface area contributed by atoms with Crippen LogP contribution in [-0.4, -0.2) is 34.5 Å². The van der Waals surface area contributed by atoms with Gasteiger partial charge in [-0.3, -0.25) is 4.79 Å². The Labute approximate surface area is 118 Å². The van der Waals surface area contributed by atoms with Gasteiger partial charge in [0, 0.05) is 12.6 Å². The Morgan fingerprint density at radius 1 is 1.25 bits per heavy atom. The molecule has 1 aromatic carbocycles. The van der Waals surface area contributed by atoms with Crippen LogP contribution in [0.4, 0.5) is 0 Å². The van der Waals surface area contributed by atoms with Crippen molar-refractivity contribution in [1.29, 1.82) is 0 Å². The molecular weight excluding hydrogens is 254 g/mol. The van der Waals surface area contributed by atoms with Crippen LogP contribution in [0.5, 0.6) is 0 Å². The van der Waals surface area contributed by atoms with Crippen molar-refractivity contribution in [1.82, 2.24) is 4.90 Å². The van der Waals surface area contributed by atoms with Crippen molar-refractivity contribution in [3.8, 4) is 0 Å². The predicted molar refractivity (Wildman–Crippen MR) is 76.9 cm³/mol. The summed E-state index contributed by atoms with van der Waals surface area (Å²) in [6, 6.07) is 6.57. The van der Waals surface area contributed by atoms with Crippen molar-refractivity contribution in [3.05, 3.63) is 48.0 Å². The predicted octanol–water partition coefficient (Wildman–Crippen LogP) is 2.96. The number of rotatable bonds is 5. The van der Waals surface area contributed by atoms with E-state index >= 15 is 0 Å². The Kier molecular flexibility index (Phi) is 4.56. The minimum Gasteiger partial charge on any atom is -0.478 e. The van der Waals surface area contributed by atoms with E-state index in [4.69, 9.17) is 0 Å². The van der Waals surface area contributed by atoms with Gasteiger partial charge in [0.05, 0.1) is 11.1 Å². The Bertz CT molecular complexity index is 518. The van der Waals surface area contributed by atoms with E-state index < -0.39 is 5.97 Å². The molecule has 0 aliphatic heterocycles. The Hall–Kier alpha value is -2.10. The molecule has 1 N–H and O–H groups in total. The molecule has 1 saturated carbocycles. The zero-order chi connectivity index (χ0) is 14.5. The summed E-state index contributed by atoms with van der Waals surface area (Å²) in [7, 11) is 0. The summed E-state index contributed by atoms with van der Waals surface area (Å²) in [5, 5.41) is 9.20. The van der Waals surface area contributed by atoms with Gasteiger partial charge in [0.2, 0.25) is 0 Å². The van der Waals surface area contributed by atoms with Crippen LogP contribution in [0, 0.1) is 0 Å². The molecule has 0 radical (unpaired) electrons. The van der Waals surface area contributed by atoms with Crippen LogP contribution in [0.3, 0.4) is 0 Å². The van der Waals surface area contributed by atoms with E-state index in [9.17, 15) is 14.7 Å². The van der Waals surface area contributed by atoms with Gasteiger partial charge in [-0.05, 0) is 25.0 Å². The fourth-order valence-corrected chi connectivity index (χ4v) is 2.76. The average molecular weight is 273 g/mol. The van der Waals surface area contributed by atoms with Crippen molar-refractivity contribution in [2.45, 2.75) is 31.7 Å². The number of carbonyl (C=O) groups excluding carboxylic acids is 1. The molecule has 0 bridgehead atoms. The minimum absolute atomic E-state index is 0.0598. The molecule has 1 aliphatic rings. The SMILES string of the molecule is C=CCN(C(=O)c1ccccc1C(=O)O)C1CCCC1. The number of hydrogen-bond donors (Lipinski definition) is 1. The van der Waals surface area contributed by atoms with Crippen LogP contribution in [0.1, 0.15) is 46.4 Å². The number of aromatic carboxylic acids is 1. The van der Waals surface area contributed by atoms with Crippen molar-refractivity contribution in [3.63, 3.8) is 0 Å². The highest BCUT2D eigenvalue weighted by atomic mass is 16.4. The van der Waals surface area contributed by atoms with E-state index in [0.717, 1.165) is 25.7 Å². The quantitative estimate of drug-likeness (QED) is 0.839. The summed E-state index contributed by atoms with van der Waals surface area (Å²) in [5.74, 6) is -1.28. The van der Waals surface area contributed by atoms with Crippen LogP contribution in [-0.2, 0) is 0 Å². The van der Waals surface area contributed by atoms with E-state index in [0.29, 0.717) is 6.54 Å². The molecule has 106 valence electrons.